The molecule has 0 N–H and O–H groups in total. The van der Waals surface area contributed by atoms with Gasteiger partial charge in [-0.05, 0) is 12.8 Å². The summed E-state index contributed by atoms with van der Waals surface area (Å²) < 4.78 is 13.4. The van der Waals surface area contributed by atoms with Crippen LogP contribution < -0.4 is 5.30 Å². The van der Waals surface area contributed by atoms with Crippen molar-refractivity contribution < 1.29 is 4.57 Å². The normalized spacial score (nSPS) is 13.8. The molecular formula is C21H37OP. The van der Waals surface area contributed by atoms with Gasteiger partial charge < -0.3 is 4.57 Å². The fourth-order valence-corrected chi connectivity index (χ4v) is 6.18. The highest BCUT2D eigenvalue weighted by molar-refractivity contribution is 7.71. The molecule has 1 atom stereocenters. The van der Waals surface area contributed by atoms with Crippen molar-refractivity contribution in [2.24, 2.45) is 0 Å². The minimum atomic E-state index is -2.16. The maximum Gasteiger partial charge on any atom is 0.115 e. The van der Waals surface area contributed by atoms with Gasteiger partial charge in [-0.25, -0.2) is 0 Å². The van der Waals surface area contributed by atoms with Crippen molar-refractivity contribution in [1.29, 1.82) is 0 Å². The average Bonchev–Trinajstić information content (AvgIpc) is 2.59. The third-order valence-corrected chi connectivity index (χ3v) is 8.04. The molecule has 2 heteroatoms. The Balaban J connectivity index is 2.28. The van der Waals surface area contributed by atoms with Crippen molar-refractivity contribution in [3.8, 4) is 0 Å². The second kappa shape index (κ2) is 12.8. The predicted octanol–water partition coefficient (Wildman–Crippen LogP) is 7.01. The van der Waals surface area contributed by atoms with Gasteiger partial charge in [0, 0.05) is 17.6 Å². The molecule has 23 heavy (non-hydrogen) atoms. The van der Waals surface area contributed by atoms with E-state index in [-0.39, 0.29) is 0 Å². The Bertz CT molecular complexity index is 427. The molecule has 1 aromatic carbocycles. The van der Waals surface area contributed by atoms with Gasteiger partial charge in [0.25, 0.3) is 0 Å². The molecule has 0 aliphatic carbocycles. The molecule has 0 amide bonds. The molecular weight excluding hydrogens is 299 g/mol. The minimum Gasteiger partial charge on any atom is -0.319 e. The molecule has 1 nitrogen and oxygen atoms in total. The van der Waals surface area contributed by atoms with E-state index in [1.165, 1.54) is 51.4 Å². The van der Waals surface area contributed by atoms with Crippen LogP contribution in [0.25, 0.3) is 0 Å². The number of hydrogen-bond acceptors (Lipinski definition) is 1. The van der Waals surface area contributed by atoms with Crippen LogP contribution in [-0.4, -0.2) is 12.3 Å². The third-order valence-electron chi connectivity index (χ3n) is 4.72. The summed E-state index contributed by atoms with van der Waals surface area (Å²) in [6.45, 7) is 4.46. The van der Waals surface area contributed by atoms with E-state index in [1.54, 1.807) is 0 Å². The zero-order valence-corrected chi connectivity index (χ0v) is 16.3. The van der Waals surface area contributed by atoms with Crippen molar-refractivity contribution >= 4 is 12.4 Å². The Kier molecular flexibility index (Phi) is 11.4. The lowest BCUT2D eigenvalue weighted by Crippen LogP contribution is -2.10. The Labute approximate surface area is 144 Å². The van der Waals surface area contributed by atoms with Crippen LogP contribution in [-0.2, 0) is 4.57 Å². The van der Waals surface area contributed by atoms with Crippen LogP contribution in [0, 0.1) is 0 Å². The molecule has 1 rings (SSSR count). The van der Waals surface area contributed by atoms with Gasteiger partial charge in [-0.15, -0.1) is 0 Å². The van der Waals surface area contributed by atoms with Crippen molar-refractivity contribution in [3.05, 3.63) is 30.3 Å². The Hall–Kier alpha value is -0.550. The lowest BCUT2D eigenvalue weighted by atomic mass is 10.1. The van der Waals surface area contributed by atoms with E-state index in [2.05, 4.69) is 26.0 Å². The maximum absolute atomic E-state index is 13.4. The molecule has 1 aromatic rings. The van der Waals surface area contributed by atoms with Crippen LogP contribution in [0.15, 0.2) is 30.3 Å². The lowest BCUT2D eigenvalue weighted by molar-refractivity contribution is 0.562. The first-order chi connectivity index (χ1) is 11.2. The van der Waals surface area contributed by atoms with Gasteiger partial charge in [-0.2, -0.15) is 0 Å². The summed E-state index contributed by atoms with van der Waals surface area (Å²) >= 11 is 0. The van der Waals surface area contributed by atoms with E-state index in [0.717, 1.165) is 36.9 Å². The fraction of sp³-hybridized carbons (Fsp3) is 0.714. The highest BCUT2D eigenvalue weighted by atomic mass is 31.2. The SMILES string of the molecule is CCCCCCCCCCCP(=O)(CCCC)c1ccccc1. The summed E-state index contributed by atoms with van der Waals surface area (Å²) in [6, 6.07) is 10.2. The molecule has 132 valence electrons. The van der Waals surface area contributed by atoms with E-state index < -0.39 is 7.14 Å². The number of rotatable bonds is 14. The first-order valence-electron chi connectivity index (χ1n) is 9.86. The standard InChI is InChI=1S/C21H37OP/c1-3-5-7-8-9-10-11-12-16-20-23(22,19-6-4-2)21-17-14-13-15-18-21/h13-15,17-18H,3-12,16,19-20H2,1-2H3. The van der Waals surface area contributed by atoms with Crippen LogP contribution in [0.2, 0.25) is 0 Å². The Morgan fingerprint density at radius 3 is 1.70 bits per heavy atom. The zero-order chi connectivity index (χ0) is 16.8. The van der Waals surface area contributed by atoms with Crippen LogP contribution >= 0.6 is 7.14 Å². The predicted molar refractivity (Wildman–Crippen MR) is 106 cm³/mol. The molecule has 0 aliphatic heterocycles. The quantitative estimate of drug-likeness (QED) is 0.264. The molecule has 0 aliphatic rings. The van der Waals surface area contributed by atoms with E-state index in [0.29, 0.717) is 0 Å². The van der Waals surface area contributed by atoms with E-state index in [4.69, 9.17) is 0 Å². The summed E-state index contributed by atoms with van der Waals surface area (Å²) in [4.78, 5) is 0. The molecule has 0 saturated carbocycles. The average molecular weight is 336 g/mol. The van der Waals surface area contributed by atoms with Gasteiger partial charge in [0.2, 0.25) is 0 Å². The topological polar surface area (TPSA) is 17.1 Å². The maximum atomic E-state index is 13.4. The summed E-state index contributed by atoms with van der Waals surface area (Å²) in [6.07, 6.45) is 16.0. The summed E-state index contributed by atoms with van der Waals surface area (Å²) in [5, 5.41) is 1.10. The monoisotopic (exact) mass is 336 g/mol. The van der Waals surface area contributed by atoms with Crippen LogP contribution in [0.1, 0.15) is 84.5 Å². The molecule has 0 spiro atoms. The van der Waals surface area contributed by atoms with Gasteiger partial charge in [-0.3, -0.25) is 0 Å². The minimum absolute atomic E-state index is 0.893. The zero-order valence-electron chi connectivity index (χ0n) is 15.4. The van der Waals surface area contributed by atoms with Gasteiger partial charge in [-0.1, -0.05) is 102 Å². The fourth-order valence-electron chi connectivity index (χ4n) is 3.16. The second-order valence-electron chi connectivity index (χ2n) is 6.85. The number of unbranched alkanes of at least 4 members (excludes halogenated alkanes) is 9. The number of benzene rings is 1. The smallest absolute Gasteiger partial charge is 0.115 e. The Morgan fingerprint density at radius 2 is 1.13 bits per heavy atom. The largest absolute Gasteiger partial charge is 0.319 e. The van der Waals surface area contributed by atoms with Crippen LogP contribution in [0.4, 0.5) is 0 Å². The molecule has 0 radical (unpaired) electrons. The van der Waals surface area contributed by atoms with Gasteiger partial charge in [0.15, 0.2) is 0 Å². The van der Waals surface area contributed by atoms with E-state index >= 15 is 0 Å². The highest BCUT2D eigenvalue weighted by Crippen LogP contribution is 2.46. The lowest BCUT2D eigenvalue weighted by Gasteiger charge is -2.18. The van der Waals surface area contributed by atoms with Crippen molar-refractivity contribution in [2.75, 3.05) is 12.3 Å². The third kappa shape index (κ3) is 8.75. The molecule has 0 aromatic heterocycles. The summed E-state index contributed by atoms with van der Waals surface area (Å²) in [5.74, 6) is 0. The van der Waals surface area contributed by atoms with Crippen LogP contribution in [0.5, 0.6) is 0 Å². The van der Waals surface area contributed by atoms with Crippen LogP contribution in [0.3, 0.4) is 0 Å². The van der Waals surface area contributed by atoms with Gasteiger partial charge >= 0.3 is 0 Å². The van der Waals surface area contributed by atoms with Crippen molar-refractivity contribution in [2.45, 2.75) is 84.5 Å². The molecule has 0 bridgehead atoms. The second-order valence-corrected chi connectivity index (χ2v) is 10.0. The summed E-state index contributed by atoms with van der Waals surface area (Å²) in [5.41, 5.74) is 0. The summed E-state index contributed by atoms with van der Waals surface area (Å²) in [7, 11) is -2.16. The van der Waals surface area contributed by atoms with E-state index in [1.807, 2.05) is 18.2 Å². The number of hydrogen-bond donors (Lipinski definition) is 0. The first-order valence-corrected chi connectivity index (χ1v) is 11.9. The van der Waals surface area contributed by atoms with Crippen molar-refractivity contribution in [1.82, 2.24) is 0 Å². The molecule has 0 saturated heterocycles. The molecule has 1 unspecified atom stereocenters. The first kappa shape index (κ1) is 20.5. The molecule has 0 fully saturated rings. The van der Waals surface area contributed by atoms with Crippen molar-refractivity contribution in [3.63, 3.8) is 0 Å². The van der Waals surface area contributed by atoms with Gasteiger partial charge in [0.05, 0.1) is 0 Å². The van der Waals surface area contributed by atoms with Gasteiger partial charge in [0.1, 0.15) is 7.14 Å². The molecule has 0 heterocycles. The Morgan fingerprint density at radius 1 is 0.652 bits per heavy atom. The van der Waals surface area contributed by atoms with E-state index in [9.17, 15) is 4.57 Å². The highest BCUT2D eigenvalue weighted by Gasteiger charge is 2.22.